The highest BCUT2D eigenvalue weighted by molar-refractivity contribution is 7.99. The van der Waals surface area contributed by atoms with E-state index in [0.717, 1.165) is 33.5 Å². The number of aryl methyl sites for hydroxylation is 4. The fourth-order valence-electron chi connectivity index (χ4n) is 4.76. The largest absolute Gasteiger partial charge is 0.328 e. The Morgan fingerprint density at radius 1 is 0.923 bits per heavy atom. The average Bonchev–Trinajstić information content (AvgIpc) is 3.31. The summed E-state index contributed by atoms with van der Waals surface area (Å²) in [6.45, 7) is 9.92. The van der Waals surface area contributed by atoms with Crippen LogP contribution in [0.5, 0.6) is 0 Å². The number of Topliss-reactive ketones (excluding diaryl/α,β-unsaturated/α-hetero) is 1. The number of carbonyl (C=O) groups excluding carboxylic acids is 2. The molecule has 2 N–H and O–H groups in total. The van der Waals surface area contributed by atoms with E-state index in [9.17, 15) is 9.59 Å². The molecular formula is C31H31N5O2S. The third-order valence-electron chi connectivity index (χ3n) is 6.90. The Kier molecular flexibility index (Phi) is 7.39. The summed E-state index contributed by atoms with van der Waals surface area (Å²) in [7, 11) is 0. The monoisotopic (exact) mass is 537 g/mol. The molecule has 4 aromatic rings. The predicted molar refractivity (Wildman–Crippen MR) is 156 cm³/mol. The van der Waals surface area contributed by atoms with Gasteiger partial charge >= 0.3 is 0 Å². The fourth-order valence-corrected chi connectivity index (χ4v) is 5.49. The van der Waals surface area contributed by atoms with Crippen molar-refractivity contribution in [2.24, 2.45) is 0 Å². The van der Waals surface area contributed by atoms with E-state index in [1.54, 1.807) is 4.68 Å². The maximum absolute atomic E-state index is 13.8. The first-order valence-electron chi connectivity index (χ1n) is 12.8. The van der Waals surface area contributed by atoms with Crippen molar-refractivity contribution in [2.45, 2.75) is 45.8 Å². The molecule has 1 aliphatic rings. The normalized spacial score (nSPS) is 14.5. The van der Waals surface area contributed by atoms with E-state index in [0.29, 0.717) is 27.9 Å². The van der Waals surface area contributed by atoms with Gasteiger partial charge in [-0.15, -0.1) is 5.10 Å². The van der Waals surface area contributed by atoms with Crippen molar-refractivity contribution in [3.63, 3.8) is 0 Å². The molecule has 5 rings (SSSR count). The van der Waals surface area contributed by atoms with Crippen molar-refractivity contribution < 1.29 is 9.59 Å². The van der Waals surface area contributed by atoms with Gasteiger partial charge in [-0.2, -0.15) is 4.98 Å². The Morgan fingerprint density at radius 2 is 1.64 bits per heavy atom. The van der Waals surface area contributed by atoms with Gasteiger partial charge in [0.25, 0.3) is 5.91 Å². The van der Waals surface area contributed by atoms with E-state index in [-0.39, 0.29) is 17.4 Å². The van der Waals surface area contributed by atoms with Crippen molar-refractivity contribution in [3.05, 3.63) is 111 Å². The number of amides is 1. The van der Waals surface area contributed by atoms with Crippen LogP contribution in [0, 0.1) is 27.7 Å². The highest BCUT2D eigenvalue weighted by Gasteiger charge is 2.35. The Labute approximate surface area is 232 Å². The predicted octanol–water partition coefficient (Wildman–Crippen LogP) is 6.41. The smallest absolute Gasteiger partial charge is 0.255 e. The van der Waals surface area contributed by atoms with Gasteiger partial charge in [-0.3, -0.25) is 9.59 Å². The first-order chi connectivity index (χ1) is 18.7. The molecule has 1 aliphatic heterocycles. The van der Waals surface area contributed by atoms with Crippen molar-refractivity contribution in [1.29, 1.82) is 0 Å². The first-order valence-corrected chi connectivity index (χ1v) is 13.8. The summed E-state index contributed by atoms with van der Waals surface area (Å²) in [6, 6.07) is 21.0. The van der Waals surface area contributed by atoms with Gasteiger partial charge in [0, 0.05) is 16.9 Å². The number of thioether (sulfide) groups is 1. The minimum absolute atomic E-state index is 0.0130. The van der Waals surface area contributed by atoms with Crippen molar-refractivity contribution >= 4 is 35.1 Å². The van der Waals surface area contributed by atoms with Crippen LogP contribution in [0.25, 0.3) is 0 Å². The highest BCUT2D eigenvalue weighted by Crippen LogP contribution is 2.38. The summed E-state index contributed by atoms with van der Waals surface area (Å²) in [5.41, 5.74) is 7.94. The molecule has 7 nitrogen and oxygen atoms in total. The molecule has 1 unspecified atom stereocenters. The Bertz CT molecular complexity index is 1600. The second-order valence-electron chi connectivity index (χ2n) is 9.94. The van der Waals surface area contributed by atoms with Crippen LogP contribution >= 0.6 is 11.8 Å². The summed E-state index contributed by atoms with van der Waals surface area (Å²) in [4.78, 5) is 31.2. The average molecular weight is 538 g/mol. The molecule has 1 atom stereocenters. The molecule has 0 saturated carbocycles. The number of nitrogens with one attached hydrogen (secondary N) is 2. The third-order valence-corrected chi connectivity index (χ3v) is 7.73. The number of ketones is 1. The number of hydrogen-bond acceptors (Lipinski definition) is 6. The molecule has 0 fully saturated rings. The van der Waals surface area contributed by atoms with E-state index < -0.39 is 6.04 Å². The molecule has 0 saturated heterocycles. The Morgan fingerprint density at radius 3 is 2.36 bits per heavy atom. The molecule has 198 valence electrons. The van der Waals surface area contributed by atoms with Gasteiger partial charge in [-0.25, -0.2) is 4.68 Å². The van der Waals surface area contributed by atoms with Crippen molar-refractivity contribution in [1.82, 2.24) is 14.8 Å². The molecular weight excluding hydrogens is 506 g/mol. The molecule has 0 spiro atoms. The lowest BCUT2D eigenvalue weighted by molar-refractivity contribution is -0.113. The molecule has 2 heterocycles. The fraction of sp³-hybridized carbons (Fsp3) is 0.226. The molecule has 3 aromatic carbocycles. The van der Waals surface area contributed by atoms with E-state index in [1.165, 1.54) is 11.8 Å². The quantitative estimate of drug-likeness (QED) is 0.209. The Hall–Kier alpha value is -4.17. The van der Waals surface area contributed by atoms with Crippen molar-refractivity contribution in [3.8, 4) is 0 Å². The molecule has 0 aliphatic carbocycles. The van der Waals surface area contributed by atoms with Crippen LogP contribution in [0.1, 0.15) is 51.1 Å². The molecule has 1 aromatic heterocycles. The summed E-state index contributed by atoms with van der Waals surface area (Å²) in [5, 5.41) is 11.6. The van der Waals surface area contributed by atoms with Gasteiger partial charge < -0.3 is 10.6 Å². The topological polar surface area (TPSA) is 88.9 Å². The highest BCUT2D eigenvalue weighted by atomic mass is 32.2. The second kappa shape index (κ2) is 10.9. The summed E-state index contributed by atoms with van der Waals surface area (Å²) in [5.74, 6) is 0.562. The summed E-state index contributed by atoms with van der Waals surface area (Å²) < 4.78 is 1.75. The van der Waals surface area contributed by atoms with Crippen LogP contribution in [-0.4, -0.2) is 32.2 Å². The van der Waals surface area contributed by atoms with Gasteiger partial charge in [0.1, 0.15) is 6.04 Å². The van der Waals surface area contributed by atoms with Crippen LogP contribution in [0.4, 0.5) is 11.6 Å². The lowest BCUT2D eigenvalue weighted by Gasteiger charge is -2.29. The van der Waals surface area contributed by atoms with Gasteiger partial charge in [0.05, 0.1) is 11.3 Å². The molecule has 1 amide bonds. The minimum atomic E-state index is -0.483. The maximum Gasteiger partial charge on any atom is 0.255 e. The molecule has 0 bridgehead atoms. The van der Waals surface area contributed by atoms with Gasteiger partial charge in [-0.1, -0.05) is 83.6 Å². The zero-order valence-electron chi connectivity index (χ0n) is 22.7. The second-order valence-corrected chi connectivity index (χ2v) is 10.9. The SMILES string of the molecule is CC1=C(C(=O)Nc2ccc(C)cc2C)C(c2ccccc2C)n2nc(SCC(=O)c3ccc(C)cc3)nc2N1. The Balaban J connectivity index is 1.46. The zero-order chi connectivity index (χ0) is 27.7. The maximum atomic E-state index is 13.8. The number of carbonyl (C=O) groups is 2. The number of allylic oxidation sites excluding steroid dienone is 1. The number of aromatic nitrogens is 3. The van der Waals surface area contributed by atoms with E-state index >= 15 is 0 Å². The standard InChI is InChI=1S/C31H31N5O2S/c1-18-10-13-23(14-11-18)26(37)17-39-31-34-30-32-22(5)27(29(38)33-25-15-12-19(2)16-21(25)4)28(36(30)35-31)24-9-7-6-8-20(24)3/h6-16,28H,17H2,1-5H3,(H,33,38)(H,32,34,35). The number of fused-ring (bicyclic) bond motifs is 1. The van der Waals surface area contributed by atoms with Crippen LogP contribution < -0.4 is 10.6 Å². The van der Waals surface area contributed by atoms with Crippen LogP contribution in [0.15, 0.2) is 83.2 Å². The van der Waals surface area contributed by atoms with Crippen LogP contribution in [-0.2, 0) is 4.79 Å². The van der Waals surface area contributed by atoms with Crippen molar-refractivity contribution in [2.75, 3.05) is 16.4 Å². The van der Waals surface area contributed by atoms with E-state index in [4.69, 9.17) is 5.10 Å². The van der Waals surface area contributed by atoms with Gasteiger partial charge in [0.15, 0.2) is 5.78 Å². The number of hydrogen-bond donors (Lipinski definition) is 2. The van der Waals surface area contributed by atoms with Crippen LogP contribution in [0.3, 0.4) is 0 Å². The number of benzene rings is 3. The lowest BCUT2D eigenvalue weighted by atomic mass is 9.92. The molecule has 8 heteroatoms. The number of nitrogens with zero attached hydrogens (tertiary/aromatic N) is 3. The first kappa shape index (κ1) is 26.4. The van der Waals surface area contributed by atoms with Crippen LogP contribution in [0.2, 0.25) is 0 Å². The summed E-state index contributed by atoms with van der Waals surface area (Å²) >= 11 is 1.29. The third kappa shape index (κ3) is 5.52. The zero-order valence-corrected chi connectivity index (χ0v) is 23.5. The van der Waals surface area contributed by atoms with E-state index in [2.05, 4.69) is 15.6 Å². The number of rotatable bonds is 7. The lowest BCUT2D eigenvalue weighted by Crippen LogP contribution is -2.32. The summed E-state index contributed by atoms with van der Waals surface area (Å²) in [6.07, 6.45) is 0. The molecule has 39 heavy (non-hydrogen) atoms. The minimum Gasteiger partial charge on any atom is -0.328 e. The van der Waals surface area contributed by atoms with Gasteiger partial charge in [0.2, 0.25) is 11.1 Å². The molecule has 0 radical (unpaired) electrons. The number of anilines is 2. The van der Waals surface area contributed by atoms with Gasteiger partial charge in [-0.05, 0) is 57.4 Å². The van der Waals surface area contributed by atoms with E-state index in [1.807, 2.05) is 101 Å².